The lowest BCUT2D eigenvalue weighted by molar-refractivity contribution is 0.103. The number of aliphatic hydroxyl groups excluding tert-OH is 2. The van der Waals surface area contributed by atoms with Gasteiger partial charge in [0.05, 0.1) is 31.3 Å². The molecule has 30 heavy (non-hydrogen) atoms. The van der Waals surface area contributed by atoms with Crippen LogP contribution in [0.1, 0.15) is 12.5 Å². The Hall–Kier alpha value is -2.49. The predicted molar refractivity (Wildman–Crippen MR) is 118 cm³/mol. The van der Waals surface area contributed by atoms with Crippen molar-refractivity contribution in [2.24, 2.45) is 0 Å². The van der Waals surface area contributed by atoms with Crippen LogP contribution in [0, 0.1) is 0 Å². The lowest BCUT2D eigenvalue weighted by atomic mass is 9.95. The van der Waals surface area contributed by atoms with Crippen LogP contribution in [0.4, 0.5) is 0 Å². The summed E-state index contributed by atoms with van der Waals surface area (Å²) >= 11 is 0. The summed E-state index contributed by atoms with van der Waals surface area (Å²) in [5, 5.41) is 28.0. The Balaban J connectivity index is 0.000000461. The molecule has 160 valence electrons. The first-order valence-electron chi connectivity index (χ1n) is 9.35. The maximum Gasteiger partial charge on any atom is 0.261 e. The molecular weight excluding hydrogens is 406 g/mol. The Labute approximate surface area is 174 Å². The SMILES string of the molecule is CC(CO)(CO)NCc1cc2c(ccc3ccoc32)c2ccccc12.CS(=O)(=O)O. The van der Waals surface area contributed by atoms with Gasteiger partial charge in [-0.3, -0.25) is 4.55 Å². The Morgan fingerprint density at radius 1 is 0.967 bits per heavy atom. The Bertz CT molecular complexity index is 1270. The third-order valence-electron chi connectivity index (χ3n) is 4.95. The summed E-state index contributed by atoms with van der Waals surface area (Å²) in [7, 11) is -3.67. The van der Waals surface area contributed by atoms with Gasteiger partial charge in [0, 0.05) is 17.3 Å². The van der Waals surface area contributed by atoms with E-state index in [1.165, 1.54) is 5.39 Å². The minimum atomic E-state index is -3.67. The monoisotopic (exact) mass is 431 g/mol. The van der Waals surface area contributed by atoms with Crippen LogP contribution in [-0.2, 0) is 16.7 Å². The topological polar surface area (TPSA) is 120 Å². The normalized spacial score (nSPS) is 12.3. The van der Waals surface area contributed by atoms with Crippen LogP contribution in [0.15, 0.2) is 59.2 Å². The van der Waals surface area contributed by atoms with E-state index in [9.17, 15) is 18.6 Å². The second-order valence-corrected chi connectivity index (χ2v) is 9.01. The van der Waals surface area contributed by atoms with Crippen molar-refractivity contribution in [2.45, 2.75) is 19.0 Å². The van der Waals surface area contributed by atoms with Crippen LogP contribution in [0.2, 0.25) is 0 Å². The molecule has 0 saturated carbocycles. The summed E-state index contributed by atoms with van der Waals surface area (Å²) in [6.45, 7) is 2.10. The molecule has 0 spiro atoms. The highest BCUT2D eigenvalue weighted by Crippen LogP contribution is 2.34. The van der Waals surface area contributed by atoms with E-state index in [1.807, 2.05) is 18.2 Å². The summed E-state index contributed by atoms with van der Waals surface area (Å²) in [6.07, 6.45) is 2.43. The van der Waals surface area contributed by atoms with Gasteiger partial charge in [0.2, 0.25) is 0 Å². The quantitative estimate of drug-likeness (QED) is 0.283. The molecule has 4 N–H and O–H groups in total. The molecule has 0 amide bonds. The van der Waals surface area contributed by atoms with Crippen LogP contribution in [-0.4, -0.2) is 48.2 Å². The van der Waals surface area contributed by atoms with E-state index in [4.69, 9.17) is 8.97 Å². The van der Waals surface area contributed by atoms with E-state index in [0.29, 0.717) is 12.8 Å². The second-order valence-electron chi connectivity index (χ2n) is 7.54. The van der Waals surface area contributed by atoms with Crippen LogP contribution in [0.5, 0.6) is 0 Å². The molecule has 3 aromatic carbocycles. The summed E-state index contributed by atoms with van der Waals surface area (Å²) < 4.78 is 31.6. The van der Waals surface area contributed by atoms with Crippen molar-refractivity contribution in [2.75, 3.05) is 19.5 Å². The van der Waals surface area contributed by atoms with E-state index in [-0.39, 0.29) is 13.2 Å². The van der Waals surface area contributed by atoms with Crippen LogP contribution in [0.3, 0.4) is 0 Å². The minimum absolute atomic E-state index is 0.128. The first-order chi connectivity index (χ1) is 14.1. The lowest BCUT2D eigenvalue weighted by Gasteiger charge is -2.26. The Kier molecular flexibility index (Phi) is 6.44. The minimum Gasteiger partial charge on any atom is -0.464 e. The third-order valence-corrected chi connectivity index (χ3v) is 4.95. The van der Waals surface area contributed by atoms with Crippen LogP contribution in [0.25, 0.3) is 32.5 Å². The highest BCUT2D eigenvalue weighted by molar-refractivity contribution is 7.85. The summed E-state index contributed by atoms with van der Waals surface area (Å²) in [6, 6.07) is 16.6. The zero-order valence-corrected chi connectivity index (χ0v) is 17.6. The smallest absolute Gasteiger partial charge is 0.261 e. The lowest BCUT2D eigenvalue weighted by Crippen LogP contribution is -2.48. The fourth-order valence-corrected chi connectivity index (χ4v) is 3.30. The average Bonchev–Trinajstić information content (AvgIpc) is 3.20. The van der Waals surface area contributed by atoms with Crippen LogP contribution >= 0.6 is 0 Å². The highest BCUT2D eigenvalue weighted by Gasteiger charge is 2.22. The molecular formula is C22H25NO6S. The molecule has 0 saturated heterocycles. The molecule has 0 unspecified atom stereocenters. The number of furan rings is 1. The molecule has 0 aliphatic heterocycles. The third kappa shape index (κ3) is 4.97. The van der Waals surface area contributed by atoms with Crippen molar-refractivity contribution in [1.82, 2.24) is 5.32 Å². The van der Waals surface area contributed by atoms with Gasteiger partial charge in [-0.2, -0.15) is 8.42 Å². The highest BCUT2D eigenvalue weighted by atomic mass is 32.2. The number of benzene rings is 3. The van der Waals surface area contributed by atoms with Crippen molar-refractivity contribution >= 4 is 42.6 Å². The van der Waals surface area contributed by atoms with E-state index in [2.05, 4.69) is 35.6 Å². The molecule has 0 bridgehead atoms. The van der Waals surface area contributed by atoms with E-state index in [1.54, 1.807) is 13.2 Å². The molecule has 0 aliphatic carbocycles. The van der Waals surface area contributed by atoms with E-state index < -0.39 is 15.7 Å². The van der Waals surface area contributed by atoms with Gasteiger partial charge in [-0.25, -0.2) is 0 Å². The molecule has 0 radical (unpaired) electrons. The molecule has 7 nitrogen and oxygen atoms in total. The Morgan fingerprint density at radius 2 is 1.57 bits per heavy atom. The number of hydrogen-bond acceptors (Lipinski definition) is 6. The number of nitrogens with one attached hydrogen (secondary N) is 1. The van der Waals surface area contributed by atoms with Gasteiger partial charge >= 0.3 is 0 Å². The summed E-state index contributed by atoms with van der Waals surface area (Å²) in [4.78, 5) is 0. The standard InChI is InChI=1S/C21H21NO3.CH4O3S/c1-21(12-23,13-24)22-11-15-10-19-18(17-5-3-2-4-16(15)17)7-6-14-8-9-25-20(14)19;1-5(2,3)4/h2-10,22-24H,11-13H2,1H3;1H3,(H,2,3,4). The van der Waals surface area contributed by atoms with Gasteiger partial charge in [0.1, 0.15) is 5.58 Å². The predicted octanol–water partition coefficient (Wildman–Crippen LogP) is 3.08. The van der Waals surface area contributed by atoms with Crippen LogP contribution < -0.4 is 5.32 Å². The van der Waals surface area contributed by atoms with Gasteiger partial charge in [0.25, 0.3) is 10.1 Å². The summed E-state index contributed by atoms with van der Waals surface area (Å²) in [5.41, 5.74) is 1.28. The zero-order chi connectivity index (χ0) is 21.9. The molecule has 4 rings (SSSR count). The van der Waals surface area contributed by atoms with Gasteiger partial charge in [-0.1, -0.05) is 36.4 Å². The molecule has 1 heterocycles. The molecule has 8 heteroatoms. The molecule has 0 aliphatic rings. The Morgan fingerprint density at radius 3 is 2.20 bits per heavy atom. The van der Waals surface area contributed by atoms with Crippen molar-refractivity contribution in [1.29, 1.82) is 0 Å². The molecule has 0 atom stereocenters. The molecule has 1 aromatic heterocycles. The molecule has 0 fully saturated rings. The van der Waals surface area contributed by atoms with Crippen molar-refractivity contribution in [3.63, 3.8) is 0 Å². The van der Waals surface area contributed by atoms with Crippen molar-refractivity contribution in [3.8, 4) is 0 Å². The van der Waals surface area contributed by atoms with E-state index >= 15 is 0 Å². The van der Waals surface area contributed by atoms with E-state index in [0.717, 1.165) is 32.7 Å². The van der Waals surface area contributed by atoms with Gasteiger partial charge in [0.15, 0.2) is 0 Å². The first-order valence-corrected chi connectivity index (χ1v) is 11.2. The zero-order valence-electron chi connectivity index (χ0n) is 16.8. The summed E-state index contributed by atoms with van der Waals surface area (Å²) in [5.74, 6) is 0. The number of rotatable bonds is 5. The van der Waals surface area contributed by atoms with Gasteiger partial charge in [-0.05, 0) is 40.8 Å². The number of hydrogen-bond donors (Lipinski definition) is 4. The fourth-order valence-electron chi connectivity index (χ4n) is 3.30. The second kappa shape index (κ2) is 8.71. The maximum atomic E-state index is 9.52. The maximum absolute atomic E-state index is 9.52. The first kappa shape index (κ1) is 22.2. The van der Waals surface area contributed by atoms with Crippen molar-refractivity contribution < 1.29 is 27.6 Å². The number of aliphatic hydroxyl groups is 2. The largest absolute Gasteiger partial charge is 0.464 e. The van der Waals surface area contributed by atoms with Crippen molar-refractivity contribution in [3.05, 3.63) is 60.4 Å². The number of fused-ring (bicyclic) bond motifs is 5. The molecule has 4 aromatic rings. The van der Waals surface area contributed by atoms with Gasteiger partial charge in [-0.15, -0.1) is 0 Å². The van der Waals surface area contributed by atoms with Gasteiger partial charge < -0.3 is 19.9 Å². The fraction of sp³-hybridized carbons (Fsp3) is 0.273. The average molecular weight is 432 g/mol.